The van der Waals surface area contributed by atoms with Crippen LogP contribution in [-0.4, -0.2) is 74.9 Å². The van der Waals surface area contributed by atoms with Crippen LogP contribution in [0.1, 0.15) is 31.7 Å². The highest BCUT2D eigenvalue weighted by molar-refractivity contribution is 14.0. The van der Waals surface area contributed by atoms with E-state index < -0.39 is 0 Å². The zero-order valence-electron chi connectivity index (χ0n) is 17.0. The number of nitrogens with zero attached hydrogens (tertiary/aromatic N) is 4. The number of piperidine rings is 1. The Bertz CT molecular complexity index is 588. The molecule has 8 heteroatoms. The Morgan fingerprint density at radius 1 is 1.14 bits per heavy atom. The molecule has 0 amide bonds. The van der Waals surface area contributed by atoms with Crippen LogP contribution in [0.2, 0.25) is 0 Å². The number of hydrogen-bond acceptors (Lipinski definition) is 5. The minimum atomic E-state index is 0. The van der Waals surface area contributed by atoms with Crippen molar-refractivity contribution in [1.29, 1.82) is 0 Å². The van der Waals surface area contributed by atoms with E-state index in [1.54, 1.807) is 0 Å². The molecule has 2 fully saturated rings. The van der Waals surface area contributed by atoms with Gasteiger partial charge in [0.1, 0.15) is 5.82 Å². The first-order chi connectivity index (χ1) is 13.3. The molecule has 0 unspecified atom stereocenters. The Balaban J connectivity index is 0.00000280. The number of ether oxygens (including phenoxy) is 1. The molecule has 28 heavy (non-hydrogen) atoms. The van der Waals surface area contributed by atoms with Crippen LogP contribution in [0.15, 0.2) is 23.3 Å². The van der Waals surface area contributed by atoms with E-state index >= 15 is 0 Å². The van der Waals surface area contributed by atoms with Gasteiger partial charge >= 0.3 is 0 Å². The third-order valence-corrected chi connectivity index (χ3v) is 5.08. The second-order valence-electron chi connectivity index (χ2n) is 7.15. The van der Waals surface area contributed by atoms with Gasteiger partial charge in [-0.3, -0.25) is 4.90 Å². The van der Waals surface area contributed by atoms with Gasteiger partial charge in [0.05, 0.1) is 19.8 Å². The van der Waals surface area contributed by atoms with E-state index in [0.717, 1.165) is 70.8 Å². The average molecular weight is 502 g/mol. The van der Waals surface area contributed by atoms with Gasteiger partial charge in [0.15, 0.2) is 5.96 Å². The van der Waals surface area contributed by atoms with Gasteiger partial charge in [-0.05, 0) is 43.9 Å². The van der Waals surface area contributed by atoms with Crippen molar-refractivity contribution in [2.45, 2.75) is 32.7 Å². The lowest BCUT2D eigenvalue weighted by Crippen LogP contribution is -2.44. The number of hydrogen-bond donors (Lipinski definition) is 2. The molecule has 1 aromatic heterocycles. The normalized spacial score (nSPS) is 18.5. The zero-order valence-corrected chi connectivity index (χ0v) is 19.4. The van der Waals surface area contributed by atoms with E-state index in [-0.39, 0.29) is 24.0 Å². The van der Waals surface area contributed by atoms with E-state index in [1.165, 1.54) is 24.8 Å². The first-order valence-corrected chi connectivity index (χ1v) is 10.4. The lowest BCUT2D eigenvalue weighted by Gasteiger charge is -2.27. The van der Waals surface area contributed by atoms with Crippen molar-refractivity contribution in [3.8, 4) is 0 Å². The number of rotatable bonds is 7. The lowest BCUT2D eigenvalue weighted by molar-refractivity contribution is 0.0389. The molecule has 0 aromatic carbocycles. The molecular weight excluding hydrogens is 467 g/mol. The fraction of sp³-hybridized carbons (Fsp3) is 0.700. The summed E-state index contributed by atoms with van der Waals surface area (Å²) in [6, 6.07) is 4.25. The Labute approximate surface area is 186 Å². The molecular formula is C20H35IN6O. The van der Waals surface area contributed by atoms with Crippen LogP contribution in [0, 0.1) is 0 Å². The second-order valence-corrected chi connectivity index (χ2v) is 7.15. The highest BCUT2D eigenvalue weighted by Crippen LogP contribution is 2.18. The predicted octanol–water partition coefficient (Wildman–Crippen LogP) is 2.08. The Morgan fingerprint density at radius 3 is 2.68 bits per heavy atom. The maximum Gasteiger partial charge on any atom is 0.191 e. The molecule has 7 nitrogen and oxygen atoms in total. The minimum Gasteiger partial charge on any atom is -0.379 e. The summed E-state index contributed by atoms with van der Waals surface area (Å²) in [4.78, 5) is 14.1. The van der Waals surface area contributed by atoms with E-state index in [1.807, 2.05) is 6.20 Å². The summed E-state index contributed by atoms with van der Waals surface area (Å²) in [5.74, 6) is 1.97. The molecule has 0 aliphatic carbocycles. The molecule has 0 radical (unpaired) electrons. The Hall–Kier alpha value is -1.13. The predicted molar refractivity (Wildman–Crippen MR) is 126 cm³/mol. The largest absolute Gasteiger partial charge is 0.379 e. The van der Waals surface area contributed by atoms with Crippen molar-refractivity contribution in [3.63, 3.8) is 0 Å². The van der Waals surface area contributed by atoms with Crippen LogP contribution in [0.25, 0.3) is 0 Å². The van der Waals surface area contributed by atoms with Crippen LogP contribution in [0.3, 0.4) is 0 Å². The van der Waals surface area contributed by atoms with Crippen molar-refractivity contribution in [1.82, 2.24) is 20.5 Å². The quantitative estimate of drug-likeness (QED) is 0.338. The summed E-state index contributed by atoms with van der Waals surface area (Å²) < 4.78 is 5.40. The fourth-order valence-electron chi connectivity index (χ4n) is 3.52. The van der Waals surface area contributed by atoms with E-state index in [9.17, 15) is 0 Å². The smallest absolute Gasteiger partial charge is 0.191 e. The van der Waals surface area contributed by atoms with Gasteiger partial charge in [0.2, 0.25) is 0 Å². The average Bonchev–Trinajstić information content (AvgIpc) is 2.74. The highest BCUT2D eigenvalue weighted by atomic mass is 127. The molecule has 0 bridgehead atoms. The maximum atomic E-state index is 5.40. The molecule has 0 spiro atoms. The van der Waals surface area contributed by atoms with Crippen molar-refractivity contribution in [2.75, 3.05) is 63.9 Å². The maximum absolute atomic E-state index is 5.40. The Kier molecular flexibility index (Phi) is 10.9. The van der Waals surface area contributed by atoms with E-state index in [0.29, 0.717) is 6.54 Å². The number of morpholine rings is 1. The molecule has 2 aliphatic heterocycles. The molecule has 2 N–H and O–H groups in total. The highest BCUT2D eigenvalue weighted by Gasteiger charge is 2.12. The number of guanidine groups is 1. The summed E-state index contributed by atoms with van der Waals surface area (Å²) in [7, 11) is 0. The van der Waals surface area contributed by atoms with Gasteiger partial charge in [-0.15, -0.1) is 24.0 Å². The molecule has 1 aromatic rings. The standard InChI is InChI=1S/C20H34N6O.HI/c1-2-21-20(23-8-11-25-12-14-27-15-13-25)24-17-18-6-7-22-19(16-18)26-9-4-3-5-10-26;/h6-7,16H,2-5,8-15,17H2,1H3,(H2,21,23,24);1H. The fourth-order valence-corrected chi connectivity index (χ4v) is 3.52. The van der Waals surface area contributed by atoms with Gasteiger partial charge in [-0.25, -0.2) is 9.98 Å². The first-order valence-electron chi connectivity index (χ1n) is 10.4. The molecule has 2 aliphatic rings. The van der Waals surface area contributed by atoms with Crippen molar-refractivity contribution >= 4 is 35.8 Å². The van der Waals surface area contributed by atoms with Crippen LogP contribution in [0.4, 0.5) is 5.82 Å². The molecule has 158 valence electrons. The van der Waals surface area contributed by atoms with Gasteiger partial charge in [0, 0.05) is 52.0 Å². The lowest BCUT2D eigenvalue weighted by atomic mass is 10.1. The second kappa shape index (κ2) is 13.2. The van der Waals surface area contributed by atoms with Crippen LogP contribution in [-0.2, 0) is 11.3 Å². The number of aromatic nitrogens is 1. The van der Waals surface area contributed by atoms with E-state index in [4.69, 9.17) is 9.73 Å². The molecule has 0 saturated carbocycles. The summed E-state index contributed by atoms with van der Waals surface area (Å²) in [6.07, 6.45) is 5.78. The summed E-state index contributed by atoms with van der Waals surface area (Å²) in [5, 5.41) is 6.78. The molecule has 2 saturated heterocycles. The number of nitrogens with one attached hydrogen (secondary N) is 2. The van der Waals surface area contributed by atoms with Crippen LogP contribution < -0.4 is 15.5 Å². The third kappa shape index (κ3) is 7.71. The van der Waals surface area contributed by atoms with Gasteiger partial charge < -0.3 is 20.3 Å². The SMILES string of the molecule is CCNC(=NCc1ccnc(N2CCCCC2)c1)NCCN1CCOCC1.I. The molecule has 3 heterocycles. The number of anilines is 1. The van der Waals surface area contributed by atoms with Crippen LogP contribution >= 0.6 is 24.0 Å². The topological polar surface area (TPSA) is 65.0 Å². The van der Waals surface area contributed by atoms with Gasteiger partial charge in [-0.2, -0.15) is 0 Å². The van der Waals surface area contributed by atoms with Crippen molar-refractivity contribution in [2.24, 2.45) is 4.99 Å². The summed E-state index contributed by atoms with van der Waals surface area (Å²) in [6.45, 7) is 11.5. The summed E-state index contributed by atoms with van der Waals surface area (Å²) >= 11 is 0. The zero-order chi connectivity index (χ0) is 18.7. The monoisotopic (exact) mass is 502 g/mol. The number of halogens is 1. The van der Waals surface area contributed by atoms with Gasteiger partial charge in [0.25, 0.3) is 0 Å². The van der Waals surface area contributed by atoms with Gasteiger partial charge in [-0.1, -0.05) is 0 Å². The van der Waals surface area contributed by atoms with Crippen molar-refractivity contribution in [3.05, 3.63) is 23.9 Å². The van der Waals surface area contributed by atoms with E-state index in [2.05, 4.69) is 44.5 Å². The molecule has 0 atom stereocenters. The van der Waals surface area contributed by atoms with Crippen LogP contribution in [0.5, 0.6) is 0 Å². The molecule has 3 rings (SSSR count). The first kappa shape index (κ1) is 23.2. The number of aliphatic imine (C=N–C) groups is 1. The third-order valence-electron chi connectivity index (χ3n) is 5.08. The Morgan fingerprint density at radius 2 is 1.93 bits per heavy atom. The number of pyridine rings is 1. The summed E-state index contributed by atoms with van der Waals surface area (Å²) in [5.41, 5.74) is 1.20. The minimum absolute atomic E-state index is 0. The van der Waals surface area contributed by atoms with Crippen molar-refractivity contribution < 1.29 is 4.74 Å².